The van der Waals surface area contributed by atoms with Gasteiger partial charge in [-0.2, -0.15) is 5.26 Å². The number of fused-ring (bicyclic) bond motifs is 1. The molecule has 0 radical (unpaired) electrons. The van der Waals surface area contributed by atoms with Crippen LogP contribution in [0, 0.1) is 11.3 Å². The first-order chi connectivity index (χ1) is 11.3. The molecule has 2 aliphatic rings. The van der Waals surface area contributed by atoms with E-state index in [0.29, 0.717) is 6.04 Å². The average molecular weight is 306 g/mol. The first kappa shape index (κ1) is 14.5. The Morgan fingerprint density at radius 2 is 2.00 bits per heavy atom. The van der Waals surface area contributed by atoms with Crippen molar-refractivity contribution in [3.05, 3.63) is 52.6 Å². The maximum Gasteiger partial charge on any atom is 0.124 e. The van der Waals surface area contributed by atoms with Crippen LogP contribution < -0.4 is 0 Å². The molecule has 0 spiro atoms. The molecule has 2 heterocycles. The third-order valence-electron chi connectivity index (χ3n) is 5.12. The zero-order valence-electron chi connectivity index (χ0n) is 13.4. The van der Waals surface area contributed by atoms with Crippen LogP contribution in [0.25, 0.3) is 0 Å². The highest BCUT2D eigenvalue weighted by Crippen LogP contribution is 2.33. The molecule has 4 nitrogen and oxygen atoms in total. The molecule has 23 heavy (non-hydrogen) atoms. The van der Waals surface area contributed by atoms with Gasteiger partial charge in [0.05, 0.1) is 23.4 Å². The van der Waals surface area contributed by atoms with Gasteiger partial charge in [0, 0.05) is 12.2 Å². The number of nitriles is 1. The molecule has 1 aromatic heterocycles. The van der Waals surface area contributed by atoms with Gasteiger partial charge in [0.15, 0.2) is 0 Å². The number of H-pyrrole nitrogens is 1. The molecule has 2 aromatic rings. The van der Waals surface area contributed by atoms with Crippen LogP contribution in [0.4, 0.5) is 0 Å². The Balaban J connectivity index is 1.52. The van der Waals surface area contributed by atoms with Crippen molar-refractivity contribution in [2.24, 2.45) is 0 Å². The van der Waals surface area contributed by atoms with Gasteiger partial charge in [0.1, 0.15) is 5.82 Å². The summed E-state index contributed by atoms with van der Waals surface area (Å²) in [5, 5.41) is 8.91. The van der Waals surface area contributed by atoms with Crippen LogP contribution in [0.3, 0.4) is 0 Å². The Hall–Kier alpha value is -2.12. The second-order valence-electron chi connectivity index (χ2n) is 6.69. The van der Waals surface area contributed by atoms with Gasteiger partial charge < -0.3 is 4.98 Å². The summed E-state index contributed by atoms with van der Waals surface area (Å²) in [5.74, 6) is 1.17. The second kappa shape index (κ2) is 6.17. The summed E-state index contributed by atoms with van der Waals surface area (Å²) in [6.45, 7) is 2.05. The molecule has 118 valence electrons. The van der Waals surface area contributed by atoms with Crippen molar-refractivity contribution in [2.45, 2.75) is 51.1 Å². The summed E-state index contributed by atoms with van der Waals surface area (Å²) >= 11 is 0. The zero-order valence-corrected chi connectivity index (χ0v) is 13.4. The van der Waals surface area contributed by atoms with Crippen molar-refractivity contribution >= 4 is 0 Å². The van der Waals surface area contributed by atoms with Gasteiger partial charge in [0.25, 0.3) is 0 Å². The minimum absolute atomic E-state index is 0.413. The van der Waals surface area contributed by atoms with Gasteiger partial charge in [-0.15, -0.1) is 0 Å². The molecule has 1 aliphatic carbocycles. The standard InChI is InChI=1S/C19H22N4/c20-12-14-7-9-15(10-8-14)13-23-11-3-6-18(23)19-21-16-4-1-2-5-17(16)22-19/h7-10,18H,1-6,11,13H2,(H,21,22). The third kappa shape index (κ3) is 2.89. The molecule has 1 fully saturated rings. The van der Waals surface area contributed by atoms with Crippen molar-refractivity contribution in [3.63, 3.8) is 0 Å². The number of imidazole rings is 1. The molecule has 4 rings (SSSR count). The van der Waals surface area contributed by atoms with E-state index in [2.05, 4.69) is 28.1 Å². The number of nitrogens with zero attached hydrogens (tertiary/aromatic N) is 3. The molecule has 1 unspecified atom stereocenters. The van der Waals surface area contributed by atoms with E-state index in [1.807, 2.05) is 12.1 Å². The van der Waals surface area contributed by atoms with Gasteiger partial charge in [-0.05, 0) is 62.8 Å². The van der Waals surface area contributed by atoms with E-state index in [0.717, 1.165) is 31.5 Å². The highest BCUT2D eigenvalue weighted by Gasteiger charge is 2.29. The van der Waals surface area contributed by atoms with Gasteiger partial charge in [-0.25, -0.2) is 4.98 Å². The molecule has 0 amide bonds. The van der Waals surface area contributed by atoms with E-state index >= 15 is 0 Å². The zero-order chi connectivity index (χ0) is 15.6. The maximum atomic E-state index is 8.91. The van der Waals surface area contributed by atoms with Gasteiger partial charge >= 0.3 is 0 Å². The number of aromatic amines is 1. The van der Waals surface area contributed by atoms with Crippen LogP contribution in [0.2, 0.25) is 0 Å². The number of likely N-dealkylation sites (tertiary alicyclic amines) is 1. The van der Waals surface area contributed by atoms with Crippen molar-refractivity contribution in [2.75, 3.05) is 6.54 Å². The Labute approximate surface area is 137 Å². The lowest BCUT2D eigenvalue weighted by molar-refractivity contribution is 0.240. The van der Waals surface area contributed by atoms with Crippen LogP contribution in [-0.2, 0) is 19.4 Å². The minimum Gasteiger partial charge on any atom is -0.344 e. The van der Waals surface area contributed by atoms with Crippen molar-refractivity contribution < 1.29 is 0 Å². The monoisotopic (exact) mass is 306 g/mol. The van der Waals surface area contributed by atoms with E-state index in [1.165, 1.54) is 48.5 Å². The van der Waals surface area contributed by atoms with E-state index in [1.54, 1.807) is 0 Å². The number of hydrogen-bond acceptors (Lipinski definition) is 3. The lowest BCUT2D eigenvalue weighted by Gasteiger charge is -2.23. The highest BCUT2D eigenvalue weighted by atomic mass is 15.2. The van der Waals surface area contributed by atoms with Crippen molar-refractivity contribution in [1.29, 1.82) is 5.26 Å². The summed E-state index contributed by atoms with van der Waals surface area (Å²) in [6, 6.07) is 10.6. The lowest BCUT2D eigenvalue weighted by atomic mass is 10.0. The first-order valence-electron chi connectivity index (χ1n) is 8.64. The molecule has 0 bridgehead atoms. The van der Waals surface area contributed by atoms with Crippen molar-refractivity contribution in [1.82, 2.24) is 14.9 Å². The van der Waals surface area contributed by atoms with E-state index in [9.17, 15) is 0 Å². The normalized spacial score (nSPS) is 21.1. The summed E-state index contributed by atoms with van der Waals surface area (Å²) in [6.07, 6.45) is 7.26. The fraction of sp³-hybridized carbons (Fsp3) is 0.474. The Bertz CT molecular complexity index is 699. The summed E-state index contributed by atoms with van der Waals surface area (Å²) in [7, 11) is 0. The van der Waals surface area contributed by atoms with Crippen LogP contribution >= 0.6 is 0 Å². The van der Waals surface area contributed by atoms with E-state index in [4.69, 9.17) is 10.2 Å². The minimum atomic E-state index is 0.413. The second-order valence-corrected chi connectivity index (χ2v) is 6.69. The Morgan fingerprint density at radius 1 is 1.17 bits per heavy atom. The van der Waals surface area contributed by atoms with Crippen LogP contribution in [0.1, 0.15) is 60.1 Å². The van der Waals surface area contributed by atoms with Crippen LogP contribution in [-0.4, -0.2) is 21.4 Å². The fourth-order valence-corrected chi connectivity index (χ4v) is 3.88. The molecular formula is C19H22N4. The topological polar surface area (TPSA) is 55.7 Å². The van der Waals surface area contributed by atoms with Crippen molar-refractivity contribution in [3.8, 4) is 6.07 Å². The number of benzene rings is 1. The summed E-state index contributed by atoms with van der Waals surface area (Å²) in [4.78, 5) is 11.0. The SMILES string of the molecule is N#Cc1ccc(CN2CCCC2c2nc3c([nH]2)CCCC3)cc1. The van der Waals surface area contributed by atoms with Gasteiger partial charge in [-0.3, -0.25) is 4.90 Å². The first-order valence-corrected chi connectivity index (χ1v) is 8.64. The Morgan fingerprint density at radius 3 is 2.78 bits per heavy atom. The summed E-state index contributed by atoms with van der Waals surface area (Å²) in [5.41, 5.74) is 4.67. The quantitative estimate of drug-likeness (QED) is 0.944. The lowest BCUT2D eigenvalue weighted by Crippen LogP contribution is -2.23. The molecule has 1 aliphatic heterocycles. The predicted octanol–water partition coefficient (Wildman–Crippen LogP) is 3.50. The molecule has 1 saturated heterocycles. The Kier molecular flexibility index (Phi) is 3.88. The number of rotatable bonds is 3. The van der Waals surface area contributed by atoms with Crippen LogP contribution in [0.15, 0.2) is 24.3 Å². The highest BCUT2D eigenvalue weighted by molar-refractivity contribution is 5.31. The molecule has 4 heteroatoms. The molecule has 0 saturated carbocycles. The third-order valence-corrected chi connectivity index (χ3v) is 5.12. The summed E-state index contributed by atoms with van der Waals surface area (Å²) < 4.78 is 0. The predicted molar refractivity (Wildman–Crippen MR) is 88.8 cm³/mol. The van der Waals surface area contributed by atoms with E-state index in [-0.39, 0.29) is 0 Å². The number of aromatic nitrogens is 2. The molecule has 1 aromatic carbocycles. The number of nitrogens with one attached hydrogen (secondary N) is 1. The maximum absolute atomic E-state index is 8.91. The smallest absolute Gasteiger partial charge is 0.124 e. The van der Waals surface area contributed by atoms with Crippen LogP contribution in [0.5, 0.6) is 0 Å². The average Bonchev–Trinajstić information content (AvgIpc) is 3.21. The van der Waals surface area contributed by atoms with Gasteiger partial charge in [-0.1, -0.05) is 12.1 Å². The molecule has 1 atom stereocenters. The fourth-order valence-electron chi connectivity index (χ4n) is 3.88. The molecular weight excluding hydrogens is 284 g/mol. The van der Waals surface area contributed by atoms with E-state index < -0.39 is 0 Å². The number of aryl methyl sites for hydroxylation is 2. The molecule has 1 N–H and O–H groups in total. The largest absolute Gasteiger partial charge is 0.344 e. The van der Waals surface area contributed by atoms with Gasteiger partial charge in [0.2, 0.25) is 0 Å². The number of hydrogen-bond donors (Lipinski definition) is 1.